The van der Waals surface area contributed by atoms with Crippen LogP contribution in [0.5, 0.6) is 17.2 Å². The molecule has 1 fully saturated rings. The van der Waals surface area contributed by atoms with Crippen molar-refractivity contribution in [1.29, 1.82) is 0 Å². The molecule has 0 amide bonds. The van der Waals surface area contributed by atoms with E-state index in [1.807, 2.05) is 0 Å². The minimum atomic E-state index is -0.884. The number of carbonyl (C=O) groups is 1. The van der Waals surface area contributed by atoms with E-state index in [1.54, 1.807) is 19.2 Å². The molecule has 0 aliphatic heterocycles. The molecule has 0 spiro atoms. The molecule has 1 saturated carbocycles. The Balaban J connectivity index is 2.64. The zero-order valence-corrected chi connectivity index (χ0v) is 12.1. The van der Waals surface area contributed by atoms with E-state index in [-0.39, 0.29) is 0 Å². The average molecular weight is 280 g/mol. The summed E-state index contributed by atoms with van der Waals surface area (Å²) in [7, 11) is 4.58. The van der Waals surface area contributed by atoms with Crippen LogP contribution in [-0.4, -0.2) is 32.4 Å². The van der Waals surface area contributed by atoms with Crippen LogP contribution in [0, 0.1) is 0 Å². The highest BCUT2D eigenvalue weighted by molar-refractivity contribution is 5.84. The van der Waals surface area contributed by atoms with E-state index in [2.05, 4.69) is 0 Å². The minimum absolute atomic E-state index is 0.444. The molecule has 0 heterocycles. The van der Waals surface area contributed by atoms with Crippen molar-refractivity contribution >= 4 is 5.97 Å². The largest absolute Gasteiger partial charge is 0.493 e. The number of rotatable bonds is 5. The summed E-state index contributed by atoms with van der Waals surface area (Å²) in [5.41, 5.74) is -0.215. The minimum Gasteiger partial charge on any atom is -0.493 e. The summed E-state index contributed by atoms with van der Waals surface area (Å²) in [5.74, 6) is 0.628. The molecule has 1 aliphatic rings. The van der Waals surface area contributed by atoms with Gasteiger partial charge in [0.2, 0.25) is 5.75 Å². The fraction of sp³-hybridized carbons (Fsp3) is 0.533. The number of hydrogen-bond donors (Lipinski definition) is 1. The summed E-state index contributed by atoms with van der Waals surface area (Å²) in [4.78, 5) is 11.8. The second kappa shape index (κ2) is 5.61. The van der Waals surface area contributed by atoms with Crippen LogP contribution in [0.3, 0.4) is 0 Å². The molecule has 1 aliphatic carbocycles. The van der Waals surface area contributed by atoms with Gasteiger partial charge in [0.25, 0.3) is 0 Å². The van der Waals surface area contributed by atoms with Gasteiger partial charge >= 0.3 is 5.97 Å². The van der Waals surface area contributed by atoms with Crippen molar-refractivity contribution in [2.24, 2.45) is 0 Å². The number of hydrogen-bond acceptors (Lipinski definition) is 4. The Kier molecular flexibility index (Phi) is 4.06. The van der Waals surface area contributed by atoms with Crippen LogP contribution in [0.25, 0.3) is 0 Å². The van der Waals surface area contributed by atoms with Crippen LogP contribution in [0.4, 0.5) is 0 Å². The van der Waals surface area contributed by atoms with Crippen LogP contribution < -0.4 is 14.2 Å². The van der Waals surface area contributed by atoms with Crippen molar-refractivity contribution in [3.63, 3.8) is 0 Å². The fourth-order valence-electron chi connectivity index (χ4n) is 3.06. The van der Waals surface area contributed by atoms with E-state index in [9.17, 15) is 9.90 Å². The van der Waals surface area contributed by atoms with Gasteiger partial charge in [-0.25, -0.2) is 0 Å². The number of carboxylic acids is 1. The maximum atomic E-state index is 11.8. The third-order valence-electron chi connectivity index (χ3n) is 4.09. The zero-order chi connectivity index (χ0) is 14.8. The van der Waals surface area contributed by atoms with Crippen molar-refractivity contribution in [1.82, 2.24) is 0 Å². The number of ether oxygens (including phenoxy) is 3. The molecular formula is C15H20O5. The van der Waals surface area contributed by atoms with Gasteiger partial charge in [0.1, 0.15) is 0 Å². The van der Waals surface area contributed by atoms with Crippen molar-refractivity contribution in [2.75, 3.05) is 21.3 Å². The van der Waals surface area contributed by atoms with Crippen LogP contribution in [-0.2, 0) is 10.2 Å². The Morgan fingerprint density at radius 2 is 1.65 bits per heavy atom. The van der Waals surface area contributed by atoms with Gasteiger partial charge in [0.15, 0.2) is 11.5 Å². The van der Waals surface area contributed by atoms with E-state index in [4.69, 9.17) is 14.2 Å². The highest BCUT2D eigenvalue weighted by atomic mass is 16.5. The summed E-state index contributed by atoms with van der Waals surface area (Å²) >= 11 is 0. The van der Waals surface area contributed by atoms with Crippen LogP contribution in [0.15, 0.2) is 12.1 Å². The van der Waals surface area contributed by atoms with Crippen molar-refractivity contribution in [2.45, 2.75) is 31.1 Å². The molecule has 0 atom stereocenters. The topological polar surface area (TPSA) is 65.0 Å². The number of methoxy groups -OCH3 is 3. The highest BCUT2D eigenvalue weighted by Crippen LogP contribution is 2.50. The summed E-state index contributed by atoms with van der Waals surface area (Å²) in [6.07, 6.45) is 3.05. The number of benzene rings is 1. The highest BCUT2D eigenvalue weighted by Gasteiger charge is 2.45. The molecule has 0 unspecified atom stereocenters. The predicted molar refractivity (Wildman–Crippen MR) is 73.9 cm³/mol. The Morgan fingerprint density at radius 3 is 2.10 bits per heavy atom. The maximum Gasteiger partial charge on any atom is 0.314 e. The molecule has 1 aromatic carbocycles. The molecular weight excluding hydrogens is 260 g/mol. The molecule has 0 bridgehead atoms. The molecule has 0 aromatic heterocycles. The Bertz CT molecular complexity index is 503. The molecule has 20 heavy (non-hydrogen) atoms. The van der Waals surface area contributed by atoms with E-state index >= 15 is 0 Å². The third-order valence-corrected chi connectivity index (χ3v) is 4.09. The fourth-order valence-corrected chi connectivity index (χ4v) is 3.06. The molecule has 0 radical (unpaired) electrons. The summed E-state index contributed by atoms with van der Waals surface area (Å²) in [6.45, 7) is 0. The average Bonchev–Trinajstić information content (AvgIpc) is 2.96. The van der Waals surface area contributed by atoms with Gasteiger partial charge in [-0.15, -0.1) is 0 Å². The van der Waals surface area contributed by atoms with Gasteiger partial charge < -0.3 is 19.3 Å². The molecule has 2 rings (SSSR count). The normalized spacial score (nSPS) is 16.8. The van der Waals surface area contributed by atoms with Crippen molar-refractivity contribution < 1.29 is 24.1 Å². The second-order valence-electron chi connectivity index (χ2n) is 4.98. The quantitative estimate of drug-likeness (QED) is 0.898. The first-order valence-electron chi connectivity index (χ1n) is 6.63. The van der Waals surface area contributed by atoms with Crippen molar-refractivity contribution in [3.05, 3.63) is 17.7 Å². The third kappa shape index (κ3) is 2.07. The van der Waals surface area contributed by atoms with E-state index in [0.717, 1.165) is 12.8 Å². The second-order valence-corrected chi connectivity index (χ2v) is 4.98. The Morgan fingerprint density at radius 1 is 1.05 bits per heavy atom. The summed E-state index contributed by atoms with van der Waals surface area (Å²) in [6, 6.07) is 3.51. The smallest absolute Gasteiger partial charge is 0.314 e. The van der Waals surface area contributed by atoms with E-state index in [1.165, 1.54) is 14.2 Å². The van der Waals surface area contributed by atoms with Crippen LogP contribution in [0.2, 0.25) is 0 Å². The van der Waals surface area contributed by atoms with Gasteiger partial charge in [0, 0.05) is 5.56 Å². The zero-order valence-electron chi connectivity index (χ0n) is 12.1. The van der Waals surface area contributed by atoms with Crippen molar-refractivity contribution in [3.8, 4) is 17.2 Å². The van der Waals surface area contributed by atoms with E-state index in [0.29, 0.717) is 35.7 Å². The summed E-state index contributed by atoms with van der Waals surface area (Å²) < 4.78 is 16.0. The molecule has 1 N–H and O–H groups in total. The first-order valence-corrected chi connectivity index (χ1v) is 6.63. The lowest BCUT2D eigenvalue weighted by molar-refractivity contribution is -0.143. The van der Waals surface area contributed by atoms with E-state index < -0.39 is 11.4 Å². The SMILES string of the molecule is COc1ccc(C2(C(=O)O)CCCC2)c(OC)c1OC. The monoisotopic (exact) mass is 280 g/mol. The van der Waals surface area contributed by atoms with Crippen LogP contribution in [0.1, 0.15) is 31.2 Å². The van der Waals surface area contributed by atoms with Gasteiger partial charge in [0.05, 0.1) is 26.7 Å². The van der Waals surface area contributed by atoms with Gasteiger partial charge in [-0.05, 0) is 18.9 Å². The lowest BCUT2D eigenvalue weighted by Gasteiger charge is -2.27. The number of aliphatic carboxylic acids is 1. The molecule has 1 aromatic rings. The molecule has 5 nitrogen and oxygen atoms in total. The molecule has 110 valence electrons. The lowest BCUT2D eigenvalue weighted by Crippen LogP contribution is -2.33. The maximum absolute atomic E-state index is 11.8. The van der Waals surface area contributed by atoms with Crippen LogP contribution >= 0.6 is 0 Å². The Labute approximate surface area is 118 Å². The molecule has 5 heteroatoms. The van der Waals surface area contributed by atoms with Gasteiger partial charge in [-0.2, -0.15) is 0 Å². The Hall–Kier alpha value is -1.91. The van der Waals surface area contributed by atoms with Gasteiger partial charge in [-0.1, -0.05) is 18.9 Å². The van der Waals surface area contributed by atoms with Gasteiger partial charge in [-0.3, -0.25) is 4.79 Å². The molecule has 0 saturated heterocycles. The standard InChI is InChI=1S/C15H20O5/c1-18-11-7-6-10(12(19-2)13(11)20-3)15(14(16)17)8-4-5-9-15/h6-7H,4-5,8-9H2,1-3H3,(H,16,17). The predicted octanol–water partition coefficient (Wildman–Crippen LogP) is 2.61. The lowest BCUT2D eigenvalue weighted by atomic mass is 9.78. The number of carboxylic acid groups (broad SMARTS) is 1. The summed E-state index contributed by atoms with van der Waals surface area (Å²) in [5, 5.41) is 9.70. The first kappa shape index (κ1) is 14.5. The first-order chi connectivity index (χ1) is 9.60.